The van der Waals surface area contributed by atoms with Crippen LogP contribution < -0.4 is 0 Å². The minimum absolute atomic E-state index is 0.590. The molecule has 0 radical (unpaired) electrons. The van der Waals surface area contributed by atoms with E-state index < -0.39 is 6.10 Å². The zero-order chi connectivity index (χ0) is 10.4. The Morgan fingerprint density at radius 2 is 2.07 bits per heavy atom. The number of hydrogen-bond donors (Lipinski definition) is 1. The standard InChI is InChI=1S/C13H14O/c1-3-7-13(14)11(2)10-12-8-5-4-6-9-12/h4-10,13-14H,1H2,2H3/b11-10-. The maximum absolute atomic E-state index is 9.55. The SMILES string of the molecule is C=C=CC(O)/C(C)=C\c1ccccc1. The Kier molecular flexibility index (Phi) is 3.93. The van der Waals surface area contributed by atoms with Crippen LogP contribution in [0.15, 0.2) is 54.3 Å². The third kappa shape index (κ3) is 3.06. The molecule has 1 heteroatoms. The first-order chi connectivity index (χ1) is 6.74. The number of aliphatic hydroxyl groups excluding tert-OH is 1. The summed E-state index contributed by atoms with van der Waals surface area (Å²) in [4.78, 5) is 0. The van der Waals surface area contributed by atoms with Crippen LogP contribution in [-0.2, 0) is 0 Å². The Labute approximate surface area is 84.7 Å². The summed E-state index contributed by atoms with van der Waals surface area (Å²) < 4.78 is 0. The molecule has 0 aliphatic rings. The number of aliphatic hydroxyl groups is 1. The summed E-state index contributed by atoms with van der Waals surface area (Å²) in [5, 5.41) is 9.55. The van der Waals surface area contributed by atoms with Gasteiger partial charge in [-0.05, 0) is 24.1 Å². The fraction of sp³-hybridized carbons (Fsp3) is 0.154. The van der Waals surface area contributed by atoms with E-state index in [0.717, 1.165) is 11.1 Å². The van der Waals surface area contributed by atoms with Gasteiger partial charge in [-0.1, -0.05) is 43.0 Å². The number of rotatable bonds is 3. The maximum Gasteiger partial charge on any atom is 0.101 e. The zero-order valence-electron chi connectivity index (χ0n) is 8.27. The lowest BCUT2D eigenvalue weighted by Gasteiger charge is -2.04. The predicted octanol–water partition coefficient (Wildman–Crippen LogP) is 2.79. The monoisotopic (exact) mass is 186 g/mol. The largest absolute Gasteiger partial charge is 0.384 e. The second-order valence-corrected chi connectivity index (χ2v) is 3.11. The van der Waals surface area contributed by atoms with Crippen LogP contribution >= 0.6 is 0 Å². The fourth-order valence-electron chi connectivity index (χ4n) is 1.14. The first kappa shape index (κ1) is 10.5. The normalized spacial score (nSPS) is 13.1. The minimum Gasteiger partial charge on any atom is -0.384 e. The second kappa shape index (κ2) is 5.23. The number of benzene rings is 1. The van der Waals surface area contributed by atoms with Gasteiger partial charge in [0.25, 0.3) is 0 Å². The first-order valence-corrected chi connectivity index (χ1v) is 4.51. The molecule has 0 amide bonds. The van der Waals surface area contributed by atoms with E-state index in [1.165, 1.54) is 6.08 Å². The van der Waals surface area contributed by atoms with E-state index in [0.29, 0.717) is 0 Å². The van der Waals surface area contributed by atoms with Gasteiger partial charge in [-0.15, -0.1) is 5.73 Å². The van der Waals surface area contributed by atoms with Gasteiger partial charge in [0.2, 0.25) is 0 Å². The van der Waals surface area contributed by atoms with Crippen LogP contribution in [-0.4, -0.2) is 11.2 Å². The summed E-state index contributed by atoms with van der Waals surface area (Å²) >= 11 is 0. The summed E-state index contributed by atoms with van der Waals surface area (Å²) in [5.74, 6) is 0. The van der Waals surface area contributed by atoms with Crippen LogP contribution in [0.1, 0.15) is 12.5 Å². The molecule has 1 nitrogen and oxygen atoms in total. The molecule has 1 atom stereocenters. The molecular weight excluding hydrogens is 172 g/mol. The molecule has 1 N–H and O–H groups in total. The molecule has 14 heavy (non-hydrogen) atoms. The Morgan fingerprint density at radius 1 is 1.43 bits per heavy atom. The molecule has 0 aliphatic heterocycles. The Bertz CT molecular complexity index is 356. The van der Waals surface area contributed by atoms with Crippen molar-refractivity contribution in [2.24, 2.45) is 0 Å². The fourth-order valence-corrected chi connectivity index (χ4v) is 1.14. The van der Waals surface area contributed by atoms with Crippen molar-refractivity contribution in [3.05, 3.63) is 59.9 Å². The Balaban J connectivity index is 2.83. The zero-order valence-corrected chi connectivity index (χ0v) is 8.27. The van der Waals surface area contributed by atoms with Crippen LogP contribution in [0.25, 0.3) is 6.08 Å². The van der Waals surface area contributed by atoms with E-state index in [1.54, 1.807) is 0 Å². The Morgan fingerprint density at radius 3 is 2.64 bits per heavy atom. The summed E-state index contributed by atoms with van der Waals surface area (Å²) in [6, 6.07) is 9.89. The van der Waals surface area contributed by atoms with Gasteiger partial charge in [-0.2, -0.15) is 0 Å². The van der Waals surface area contributed by atoms with Crippen molar-refractivity contribution in [2.75, 3.05) is 0 Å². The van der Waals surface area contributed by atoms with E-state index in [9.17, 15) is 5.11 Å². The van der Waals surface area contributed by atoms with Gasteiger partial charge in [0, 0.05) is 0 Å². The molecule has 0 spiro atoms. The van der Waals surface area contributed by atoms with Crippen LogP contribution in [0.3, 0.4) is 0 Å². The van der Waals surface area contributed by atoms with Gasteiger partial charge in [0.15, 0.2) is 0 Å². The van der Waals surface area contributed by atoms with Crippen molar-refractivity contribution in [3.8, 4) is 0 Å². The molecule has 1 unspecified atom stereocenters. The van der Waals surface area contributed by atoms with Crippen LogP contribution in [0.4, 0.5) is 0 Å². The molecule has 0 fully saturated rings. The Hall–Kier alpha value is -1.56. The van der Waals surface area contributed by atoms with Gasteiger partial charge in [0.1, 0.15) is 6.10 Å². The van der Waals surface area contributed by atoms with Crippen molar-refractivity contribution < 1.29 is 5.11 Å². The average molecular weight is 186 g/mol. The quantitative estimate of drug-likeness (QED) is 0.720. The molecule has 0 heterocycles. The molecule has 72 valence electrons. The summed E-state index contributed by atoms with van der Waals surface area (Å²) in [7, 11) is 0. The van der Waals surface area contributed by atoms with Crippen molar-refractivity contribution in [1.29, 1.82) is 0 Å². The summed E-state index contributed by atoms with van der Waals surface area (Å²) in [6.45, 7) is 5.30. The lowest BCUT2D eigenvalue weighted by Crippen LogP contribution is -2.02. The van der Waals surface area contributed by atoms with Gasteiger partial charge in [-0.3, -0.25) is 0 Å². The molecule has 0 saturated heterocycles. The molecule has 1 aromatic carbocycles. The molecule has 1 rings (SSSR count). The summed E-state index contributed by atoms with van der Waals surface area (Å²) in [5.41, 5.74) is 4.53. The third-order valence-corrected chi connectivity index (χ3v) is 1.94. The molecule has 0 aliphatic carbocycles. The average Bonchev–Trinajstić information content (AvgIpc) is 2.19. The summed E-state index contributed by atoms with van der Waals surface area (Å²) in [6.07, 6.45) is 2.89. The second-order valence-electron chi connectivity index (χ2n) is 3.11. The predicted molar refractivity (Wildman–Crippen MR) is 59.8 cm³/mol. The van der Waals surface area contributed by atoms with Crippen LogP contribution in [0.5, 0.6) is 0 Å². The first-order valence-electron chi connectivity index (χ1n) is 4.51. The smallest absolute Gasteiger partial charge is 0.101 e. The molecule has 0 aromatic heterocycles. The highest BCUT2D eigenvalue weighted by atomic mass is 16.3. The van der Waals surface area contributed by atoms with Crippen LogP contribution in [0.2, 0.25) is 0 Å². The van der Waals surface area contributed by atoms with Crippen LogP contribution in [0, 0.1) is 0 Å². The number of hydrogen-bond acceptors (Lipinski definition) is 1. The minimum atomic E-state index is -0.590. The van der Waals surface area contributed by atoms with Crippen molar-refractivity contribution in [1.82, 2.24) is 0 Å². The molecule has 0 saturated carbocycles. The van der Waals surface area contributed by atoms with E-state index >= 15 is 0 Å². The van der Waals surface area contributed by atoms with E-state index in [2.05, 4.69) is 12.3 Å². The van der Waals surface area contributed by atoms with E-state index in [-0.39, 0.29) is 0 Å². The third-order valence-electron chi connectivity index (χ3n) is 1.94. The maximum atomic E-state index is 9.55. The van der Waals surface area contributed by atoms with E-state index in [1.807, 2.05) is 43.3 Å². The highest BCUT2D eigenvalue weighted by Crippen LogP contribution is 2.09. The highest BCUT2D eigenvalue weighted by molar-refractivity contribution is 5.53. The lowest BCUT2D eigenvalue weighted by atomic mass is 10.1. The topological polar surface area (TPSA) is 20.2 Å². The van der Waals surface area contributed by atoms with Gasteiger partial charge in [0.05, 0.1) is 0 Å². The van der Waals surface area contributed by atoms with Crippen molar-refractivity contribution in [2.45, 2.75) is 13.0 Å². The van der Waals surface area contributed by atoms with E-state index in [4.69, 9.17) is 0 Å². The van der Waals surface area contributed by atoms with Gasteiger partial charge in [-0.25, -0.2) is 0 Å². The van der Waals surface area contributed by atoms with Crippen molar-refractivity contribution >= 4 is 6.08 Å². The van der Waals surface area contributed by atoms with Crippen molar-refractivity contribution in [3.63, 3.8) is 0 Å². The lowest BCUT2D eigenvalue weighted by molar-refractivity contribution is 0.260. The highest BCUT2D eigenvalue weighted by Gasteiger charge is 2.00. The van der Waals surface area contributed by atoms with Gasteiger partial charge >= 0.3 is 0 Å². The molecule has 0 bridgehead atoms. The van der Waals surface area contributed by atoms with Gasteiger partial charge < -0.3 is 5.11 Å². The molecule has 1 aromatic rings. The molecular formula is C13H14O.